The van der Waals surface area contributed by atoms with Crippen molar-refractivity contribution in [3.05, 3.63) is 48.1 Å². The molecule has 0 aliphatic rings. The van der Waals surface area contributed by atoms with Gasteiger partial charge in [0.05, 0.1) is 6.10 Å². The van der Waals surface area contributed by atoms with Crippen LogP contribution in [0.2, 0.25) is 0 Å². The molecule has 0 rings (SSSR count). The zero-order valence-electron chi connectivity index (χ0n) is 10.2. The van der Waals surface area contributed by atoms with Gasteiger partial charge in [-0.1, -0.05) is 55.0 Å². The van der Waals surface area contributed by atoms with E-state index in [0.29, 0.717) is 0 Å². The van der Waals surface area contributed by atoms with Gasteiger partial charge in [-0.25, -0.2) is 0 Å². The van der Waals surface area contributed by atoms with Gasteiger partial charge in [-0.3, -0.25) is 0 Å². The van der Waals surface area contributed by atoms with Crippen LogP contribution in [0.25, 0.3) is 0 Å². The Hall–Kier alpha value is -1.08. The zero-order chi connectivity index (χ0) is 11.5. The fraction of sp³-hybridized carbons (Fsp3) is 0.429. The molecule has 0 radical (unpaired) electrons. The molecule has 0 aliphatic heterocycles. The molecule has 0 amide bonds. The van der Waals surface area contributed by atoms with Crippen molar-refractivity contribution in [2.24, 2.45) is 0 Å². The molecule has 0 aromatic carbocycles. The van der Waals surface area contributed by atoms with E-state index >= 15 is 0 Å². The Bertz CT molecular complexity index is 257. The van der Waals surface area contributed by atoms with Crippen molar-refractivity contribution < 1.29 is 4.74 Å². The molecular weight excluding hydrogens is 184 g/mol. The normalized spacial score (nSPS) is 15.9. The number of rotatable bonds is 6. The molecule has 1 atom stereocenters. The van der Waals surface area contributed by atoms with Crippen LogP contribution in [0.1, 0.15) is 27.2 Å². The molecule has 0 saturated carbocycles. The molecule has 84 valence electrons. The highest BCUT2D eigenvalue weighted by molar-refractivity contribution is 5.21. The lowest BCUT2D eigenvalue weighted by Crippen LogP contribution is -1.97. The average Bonchev–Trinajstić information content (AvgIpc) is 2.23. The van der Waals surface area contributed by atoms with Crippen LogP contribution in [-0.2, 0) is 4.74 Å². The average molecular weight is 206 g/mol. The van der Waals surface area contributed by atoms with Crippen LogP contribution in [0.4, 0.5) is 0 Å². The summed E-state index contributed by atoms with van der Waals surface area (Å²) in [7, 11) is 1.71. The van der Waals surface area contributed by atoms with E-state index in [1.54, 1.807) is 7.11 Å². The van der Waals surface area contributed by atoms with Crippen LogP contribution in [0.5, 0.6) is 0 Å². The van der Waals surface area contributed by atoms with E-state index in [4.69, 9.17) is 4.74 Å². The first-order valence-corrected chi connectivity index (χ1v) is 5.41. The molecule has 0 aliphatic carbocycles. The molecule has 0 N–H and O–H groups in total. The lowest BCUT2D eigenvalue weighted by atomic mass is 10.2. The van der Waals surface area contributed by atoms with Crippen LogP contribution >= 0.6 is 0 Å². The minimum atomic E-state index is 0.181. The van der Waals surface area contributed by atoms with E-state index in [-0.39, 0.29) is 6.10 Å². The highest BCUT2D eigenvalue weighted by atomic mass is 16.5. The maximum Gasteiger partial charge on any atom is 0.0726 e. The highest BCUT2D eigenvalue weighted by Crippen LogP contribution is 1.97. The maximum atomic E-state index is 5.08. The minimum Gasteiger partial charge on any atom is -0.378 e. The van der Waals surface area contributed by atoms with E-state index in [1.807, 2.05) is 37.3 Å². The molecule has 0 bridgehead atoms. The summed E-state index contributed by atoms with van der Waals surface area (Å²) >= 11 is 0. The van der Waals surface area contributed by atoms with Crippen molar-refractivity contribution in [1.82, 2.24) is 0 Å². The Morgan fingerprint density at radius 3 is 2.47 bits per heavy atom. The van der Waals surface area contributed by atoms with Crippen molar-refractivity contribution in [1.29, 1.82) is 0 Å². The van der Waals surface area contributed by atoms with Crippen molar-refractivity contribution in [2.45, 2.75) is 33.3 Å². The van der Waals surface area contributed by atoms with E-state index in [9.17, 15) is 0 Å². The standard InChI is InChI=1S/C14H22O/c1-5-10-13(2)11-8-6-7-9-12-14(3)15-4/h6-12,14H,5H2,1-4H3/b7-6-,11-8-,12-9+,13-10+. The molecule has 0 heterocycles. The third-order valence-electron chi connectivity index (χ3n) is 1.97. The summed E-state index contributed by atoms with van der Waals surface area (Å²) in [5.74, 6) is 0. The summed E-state index contributed by atoms with van der Waals surface area (Å²) in [5.41, 5.74) is 1.30. The molecule has 1 heteroatoms. The predicted octanol–water partition coefficient (Wildman–Crippen LogP) is 4.05. The van der Waals surface area contributed by atoms with E-state index in [0.717, 1.165) is 6.42 Å². The van der Waals surface area contributed by atoms with Crippen molar-refractivity contribution in [3.63, 3.8) is 0 Å². The zero-order valence-corrected chi connectivity index (χ0v) is 10.2. The first kappa shape index (κ1) is 13.9. The lowest BCUT2D eigenvalue weighted by Gasteiger charge is -1.99. The van der Waals surface area contributed by atoms with Gasteiger partial charge in [0.1, 0.15) is 0 Å². The van der Waals surface area contributed by atoms with Gasteiger partial charge in [0, 0.05) is 7.11 Å². The van der Waals surface area contributed by atoms with Gasteiger partial charge >= 0.3 is 0 Å². The maximum absolute atomic E-state index is 5.08. The van der Waals surface area contributed by atoms with Gasteiger partial charge in [0.15, 0.2) is 0 Å². The summed E-state index contributed by atoms with van der Waals surface area (Å²) in [4.78, 5) is 0. The molecule has 0 spiro atoms. The second-order valence-electron chi connectivity index (χ2n) is 3.43. The summed E-state index contributed by atoms with van der Waals surface area (Å²) in [5, 5.41) is 0. The van der Waals surface area contributed by atoms with E-state index in [2.05, 4.69) is 26.0 Å². The number of hydrogen-bond donors (Lipinski definition) is 0. The molecule has 0 saturated heterocycles. The first-order chi connectivity index (χ1) is 7.20. The van der Waals surface area contributed by atoms with E-state index < -0.39 is 0 Å². The second-order valence-corrected chi connectivity index (χ2v) is 3.43. The van der Waals surface area contributed by atoms with Crippen molar-refractivity contribution in [3.8, 4) is 0 Å². The number of ether oxygens (including phenoxy) is 1. The largest absolute Gasteiger partial charge is 0.378 e. The quantitative estimate of drug-likeness (QED) is 0.596. The summed E-state index contributed by atoms with van der Waals surface area (Å²) in [6, 6.07) is 0. The summed E-state index contributed by atoms with van der Waals surface area (Å²) in [6.07, 6.45) is 15.7. The third kappa shape index (κ3) is 9.23. The fourth-order valence-corrected chi connectivity index (χ4v) is 1.02. The second kappa shape index (κ2) is 9.47. The van der Waals surface area contributed by atoms with Gasteiger partial charge in [-0.15, -0.1) is 0 Å². The van der Waals surface area contributed by atoms with Gasteiger partial charge < -0.3 is 4.74 Å². The Balaban J connectivity index is 3.90. The highest BCUT2D eigenvalue weighted by Gasteiger charge is 1.86. The Morgan fingerprint density at radius 1 is 1.20 bits per heavy atom. The fourth-order valence-electron chi connectivity index (χ4n) is 1.02. The predicted molar refractivity (Wildman–Crippen MR) is 67.9 cm³/mol. The number of hydrogen-bond acceptors (Lipinski definition) is 1. The number of allylic oxidation sites excluding steroid dienone is 7. The van der Waals surface area contributed by atoms with Crippen LogP contribution in [0.15, 0.2) is 48.1 Å². The van der Waals surface area contributed by atoms with Crippen LogP contribution in [0, 0.1) is 0 Å². The monoisotopic (exact) mass is 206 g/mol. The topological polar surface area (TPSA) is 9.23 Å². The van der Waals surface area contributed by atoms with Crippen molar-refractivity contribution >= 4 is 0 Å². The molecular formula is C14H22O. The molecule has 0 fully saturated rings. The molecule has 0 aromatic rings. The van der Waals surface area contributed by atoms with Gasteiger partial charge in [0.25, 0.3) is 0 Å². The number of methoxy groups -OCH3 is 1. The Morgan fingerprint density at radius 2 is 1.87 bits per heavy atom. The lowest BCUT2D eigenvalue weighted by molar-refractivity contribution is 0.156. The van der Waals surface area contributed by atoms with Gasteiger partial charge in [-0.05, 0) is 20.3 Å². The van der Waals surface area contributed by atoms with Crippen LogP contribution < -0.4 is 0 Å². The summed E-state index contributed by atoms with van der Waals surface area (Å²) in [6.45, 7) is 6.26. The summed E-state index contributed by atoms with van der Waals surface area (Å²) < 4.78 is 5.08. The molecule has 1 nitrogen and oxygen atoms in total. The van der Waals surface area contributed by atoms with Crippen LogP contribution in [-0.4, -0.2) is 13.2 Å². The molecule has 15 heavy (non-hydrogen) atoms. The molecule has 0 aromatic heterocycles. The SMILES string of the molecule is CC/C=C(C)/C=C\C=C/C=C/C(C)OC. The van der Waals surface area contributed by atoms with Gasteiger partial charge in [-0.2, -0.15) is 0 Å². The van der Waals surface area contributed by atoms with Crippen LogP contribution in [0.3, 0.4) is 0 Å². The third-order valence-corrected chi connectivity index (χ3v) is 1.97. The smallest absolute Gasteiger partial charge is 0.0726 e. The Labute approximate surface area is 93.8 Å². The van der Waals surface area contributed by atoms with E-state index in [1.165, 1.54) is 5.57 Å². The van der Waals surface area contributed by atoms with Crippen molar-refractivity contribution in [2.75, 3.05) is 7.11 Å². The molecule has 1 unspecified atom stereocenters. The van der Waals surface area contributed by atoms with Gasteiger partial charge in [0.2, 0.25) is 0 Å². The first-order valence-electron chi connectivity index (χ1n) is 5.41. The minimum absolute atomic E-state index is 0.181. The Kier molecular flexibility index (Phi) is 8.79.